The average molecular weight is 295 g/mol. The third-order valence-corrected chi connectivity index (χ3v) is 3.17. The minimum absolute atomic E-state index is 0.302. The van der Waals surface area contributed by atoms with Crippen molar-refractivity contribution in [3.05, 3.63) is 30.1 Å². The molecule has 1 aromatic carbocycles. The Bertz CT molecular complexity index is 679. The van der Waals surface area contributed by atoms with Crippen molar-refractivity contribution < 1.29 is 18.3 Å². The Balaban J connectivity index is 2.37. The zero-order valence-electron chi connectivity index (χ0n) is 11.9. The standard InChI is InChI=1S/C14H15F2N3O2/c1-8(14(20)21-3)6-19(2)13-9-4-10(15)11(16)5-12(9)17-7-18-13/h4-5,7-8H,6H2,1-3H3/t8-/m1/s1. The van der Waals surface area contributed by atoms with Gasteiger partial charge in [0.15, 0.2) is 11.6 Å². The molecule has 0 unspecified atom stereocenters. The molecule has 1 heterocycles. The predicted octanol–water partition coefficient (Wildman–Crippen LogP) is 2.15. The maximum absolute atomic E-state index is 13.4. The van der Waals surface area contributed by atoms with E-state index in [2.05, 4.69) is 14.7 Å². The van der Waals surface area contributed by atoms with Gasteiger partial charge < -0.3 is 9.64 Å². The summed E-state index contributed by atoms with van der Waals surface area (Å²) in [5.41, 5.74) is 0.302. The Labute approximate surface area is 120 Å². The van der Waals surface area contributed by atoms with Crippen LogP contribution in [-0.4, -0.2) is 36.6 Å². The van der Waals surface area contributed by atoms with Gasteiger partial charge in [0.25, 0.3) is 0 Å². The highest BCUT2D eigenvalue weighted by molar-refractivity contribution is 5.89. The summed E-state index contributed by atoms with van der Waals surface area (Å²) in [5.74, 6) is -2.23. The van der Waals surface area contributed by atoms with Gasteiger partial charge in [0.1, 0.15) is 12.1 Å². The lowest BCUT2D eigenvalue weighted by molar-refractivity contribution is -0.144. The van der Waals surface area contributed by atoms with Crippen molar-refractivity contribution in [2.75, 3.05) is 25.6 Å². The summed E-state index contributed by atoms with van der Waals surface area (Å²) < 4.78 is 31.3. The molecule has 0 bridgehead atoms. The quantitative estimate of drug-likeness (QED) is 0.809. The number of anilines is 1. The van der Waals surface area contributed by atoms with E-state index in [0.29, 0.717) is 23.3 Å². The van der Waals surface area contributed by atoms with E-state index in [-0.39, 0.29) is 11.9 Å². The van der Waals surface area contributed by atoms with Gasteiger partial charge in [-0.25, -0.2) is 18.7 Å². The van der Waals surface area contributed by atoms with Gasteiger partial charge in [0, 0.05) is 25.0 Å². The molecule has 2 rings (SSSR count). The molecule has 0 amide bonds. The van der Waals surface area contributed by atoms with Crippen LogP contribution in [0.3, 0.4) is 0 Å². The summed E-state index contributed by atoms with van der Waals surface area (Å²) in [6.07, 6.45) is 1.27. The lowest BCUT2D eigenvalue weighted by Gasteiger charge is -2.22. The van der Waals surface area contributed by atoms with Crippen LogP contribution in [0, 0.1) is 17.6 Å². The summed E-state index contributed by atoms with van der Waals surface area (Å²) >= 11 is 0. The Morgan fingerprint density at radius 3 is 2.67 bits per heavy atom. The fourth-order valence-electron chi connectivity index (χ4n) is 2.11. The first kappa shape index (κ1) is 15.1. The fourth-order valence-corrected chi connectivity index (χ4v) is 2.11. The number of nitrogens with zero attached hydrogens (tertiary/aromatic N) is 3. The number of methoxy groups -OCH3 is 1. The number of ether oxygens (including phenoxy) is 1. The normalized spacial score (nSPS) is 12.2. The molecule has 0 aliphatic heterocycles. The monoisotopic (exact) mass is 295 g/mol. The Hall–Kier alpha value is -2.31. The molecule has 112 valence electrons. The zero-order valence-corrected chi connectivity index (χ0v) is 11.9. The van der Waals surface area contributed by atoms with Gasteiger partial charge in [-0.2, -0.15) is 0 Å². The Kier molecular flexibility index (Phi) is 4.30. The van der Waals surface area contributed by atoms with Gasteiger partial charge in [-0.3, -0.25) is 4.79 Å². The fraction of sp³-hybridized carbons (Fsp3) is 0.357. The van der Waals surface area contributed by atoms with Crippen LogP contribution in [0.15, 0.2) is 18.5 Å². The molecule has 21 heavy (non-hydrogen) atoms. The van der Waals surface area contributed by atoms with Crippen molar-refractivity contribution in [1.82, 2.24) is 9.97 Å². The third kappa shape index (κ3) is 3.07. The molecule has 0 saturated carbocycles. The maximum Gasteiger partial charge on any atom is 0.310 e. The van der Waals surface area contributed by atoms with Crippen molar-refractivity contribution in [2.45, 2.75) is 6.92 Å². The van der Waals surface area contributed by atoms with Crippen LogP contribution in [0.5, 0.6) is 0 Å². The van der Waals surface area contributed by atoms with Crippen LogP contribution < -0.4 is 4.90 Å². The smallest absolute Gasteiger partial charge is 0.310 e. The highest BCUT2D eigenvalue weighted by atomic mass is 19.2. The van der Waals surface area contributed by atoms with Crippen molar-refractivity contribution in [1.29, 1.82) is 0 Å². The second-order valence-corrected chi connectivity index (χ2v) is 4.79. The molecule has 0 spiro atoms. The van der Waals surface area contributed by atoms with Gasteiger partial charge in [0.2, 0.25) is 0 Å². The Morgan fingerprint density at radius 2 is 2.00 bits per heavy atom. The van der Waals surface area contributed by atoms with E-state index in [1.54, 1.807) is 18.9 Å². The van der Waals surface area contributed by atoms with Crippen LogP contribution in [-0.2, 0) is 9.53 Å². The van der Waals surface area contributed by atoms with Crippen LogP contribution >= 0.6 is 0 Å². The van der Waals surface area contributed by atoms with Gasteiger partial charge in [0.05, 0.1) is 18.5 Å². The number of carbonyl (C=O) groups excluding carboxylic acids is 1. The molecule has 5 nitrogen and oxygen atoms in total. The first-order valence-corrected chi connectivity index (χ1v) is 6.32. The van der Waals surface area contributed by atoms with E-state index in [1.807, 2.05) is 0 Å². The summed E-state index contributed by atoms with van der Waals surface area (Å²) in [6.45, 7) is 2.05. The summed E-state index contributed by atoms with van der Waals surface area (Å²) in [7, 11) is 3.03. The first-order valence-electron chi connectivity index (χ1n) is 6.32. The number of aromatic nitrogens is 2. The average Bonchev–Trinajstić information content (AvgIpc) is 2.46. The number of hydrogen-bond acceptors (Lipinski definition) is 5. The molecule has 7 heteroatoms. The molecule has 2 aromatic rings. The second kappa shape index (κ2) is 5.99. The van der Waals surface area contributed by atoms with E-state index in [9.17, 15) is 13.6 Å². The first-order chi connectivity index (χ1) is 9.93. The number of halogens is 2. The lowest BCUT2D eigenvalue weighted by Crippen LogP contribution is -2.30. The molecule has 1 atom stereocenters. The van der Waals surface area contributed by atoms with Gasteiger partial charge >= 0.3 is 5.97 Å². The largest absolute Gasteiger partial charge is 0.469 e. The number of hydrogen-bond donors (Lipinski definition) is 0. The van der Waals surface area contributed by atoms with Crippen LogP contribution in [0.1, 0.15) is 6.92 Å². The van der Waals surface area contributed by atoms with Gasteiger partial charge in [-0.15, -0.1) is 0 Å². The molecule has 0 radical (unpaired) electrons. The molecule has 1 aromatic heterocycles. The highest BCUT2D eigenvalue weighted by Gasteiger charge is 2.18. The third-order valence-electron chi connectivity index (χ3n) is 3.17. The maximum atomic E-state index is 13.4. The lowest BCUT2D eigenvalue weighted by atomic mass is 10.1. The van der Waals surface area contributed by atoms with E-state index < -0.39 is 11.6 Å². The molecule has 0 aliphatic rings. The molecule has 0 N–H and O–H groups in total. The van der Waals surface area contributed by atoms with Crippen molar-refractivity contribution in [3.8, 4) is 0 Å². The molecular formula is C14H15F2N3O2. The number of esters is 1. The predicted molar refractivity (Wildman–Crippen MR) is 73.9 cm³/mol. The van der Waals surface area contributed by atoms with E-state index in [0.717, 1.165) is 12.1 Å². The SMILES string of the molecule is COC(=O)[C@H](C)CN(C)c1ncnc2cc(F)c(F)cc12. The van der Waals surface area contributed by atoms with E-state index >= 15 is 0 Å². The summed E-state index contributed by atoms with van der Waals surface area (Å²) in [4.78, 5) is 21.1. The molecular weight excluding hydrogens is 280 g/mol. The Morgan fingerprint density at radius 1 is 1.33 bits per heavy atom. The number of benzene rings is 1. The minimum Gasteiger partial charge on any atom is -0.469 e. The molecule has 0 aliphatic carbocycles. The second-order valence-electron chi connectivity index (χ2n) is 4.79. The van der Waals surface area contributed by atoms with Gasteiger partial charge in [-0.1, -0.05) is 6.92 Å². The topological polar surface area (TPSA) is 55.3 Å². The molecule has 0 saturated heterocycles. The number of rotatable bonds is 4. The van der Waals surface area contributed by atoms with Crippen molar-refractivity contribution in [2.24, 2.45) is 5.92 Å². The van der Waals surface area contributed by atoms with Gasteiger partial charge in [-0.05, 0) is 6.07 Å². The number of fused-ring (bicyclic) bond motifs is 1. The number of carbonyl (C=O) groups is 1. The summed E-state index contributed by atoms with van der Waals surface area (Å²) in [6, 6.07) is 2.08. The highest BCUT2D eigenvalue weighted by Crippen LogP contribution is 2.25. The van der Waals surface area contributed by atoms with Crippen LogP contribution in [0.4, 0.5) is 14.6 Å². The summed E-state index contributed by atoms with van der Waals surface area (Å²) in [5, 5.41) is 0.385. The zero-order chi connectivity index (χ0) is 15.6. The van der Waals surface area contributed by atoms with E-state index in [1.165, 1.54) is 13.4 Å². The molecule has 0 fully saturated rings. The van der Waals surface area contributed by atoms with Crippen molar-refractivity contribution in [3.63, 3.8) is 0 Å². The van der Waals surface area contributed by atoms with Crippen molar-refractivity contribution >= 4 is 22.7 Å². The minimum atomic E-state index is -0.965. The van der Waals surface area contributed by atoms with E-state index in [4.69, 9.17) is 0 Å². The van der Waals surface area contributed by atoms with Crippen LogP contribution in [0.2, 0.25) is 0 Å². The van der Waals surface area contributed by atoms with Crippen LogP contribution in [0.25, 0.3) is 10.9 Å².